The first-order chi connectivity index (χ1) is 6.93. The Morgan fingerprint density at radius 1 is 1.60 bits per heavy atom. The summed E-state index contributed by atoms with van der Waals surface area (Å²) in [6, 6.07) is 4.65. The standard InChI is InChI=1S/C10H9ClO4/c1-10(14)6-3-2-5(11)4-7(6)15-8(10)9(12)13/h2-4,8,14H,1H3,(H,12,13)/t8-,10-/m1/s1. The van der Waals surface area contributed by atoms with Gasteiger partial charge in [0.2, 0.25) is 6.10 Å². The van der Waals surface area contributed by atoms with Crippen LogP contribution in [0.5, 0.6) is 5.75 Å². The lowest BCUT2D eigenvalue weighted by atomic mass is 9.92. The van der Waals surface area contributed by atoms with E-state index in [1.54, 1.807) is 12.1 Å². The van der Waals surface area contributed by atoms with Crippen LogP contribution in [0.3, 0.4) is 0 Å². The molecule has 1 aromatic carbocycles. The number of ether oxygens (including phenoxy) is 1. The highest BCUT2D eigenvalue weighted by Crippen LogP contribution is 2.42. The van der Waals surface area contributed by atoms with E-state index in [1.807, 2.05) is 0 Å². The van der Waals surface area contributed by atoms with Crippen molar-refractivity contribution in [3.63, 3.8) is 0 Å². The fourth-order valence-corrected chi connectivity index (χ4v) is 1.85. The average molecular weight is 229 g/mol. The molecule has 0 saturated heterocycles. The number of carboxylic acids is 1. The summed E-state index contributed by atoms with van der Waals surface area (Å²) >= 11 is 5.73. The SMILES string of the molecule is C[C@@]1(O)c2ccc(Cl)cc2O[C@@H]1C(=O)O. The molecule has 1 aliphatic heterocycles. The Balaban J connectivity index is 2.51. The van der Waals surface area contributed by atoms with Gasteiger partial charge in [0.05, 0.1) is 0 Å². The summed E-state index contributed by atoms with van der Waals surface area (Å²) in [6.45, 7) is 1.41. The molecule has 0 amide bonds. The maximum absolute atomic E-state index is 10.9. The van der Waals surface area contributed by atoms with Crippen LogP contribution in [0.25, 0.3) is 0 Å². The Hall–Kier alpha value is -1.26. The molecule has 0 aliphatic carbocycles. The van der Waals surface area contributed by atoms with Crippen LogP contribution in [0.2, 0.25) is 5.02 Å². The van der Waals surface area contributed by atoms with Gasteiger partial charge in [0, 0.05) is 10.6 Å². The van der Waals surface area contributed by atoms with Gasteiger partial charge in [-0.25, -0.2) is 4.79 Å². The van der Waals surface area contributed by atoms with Crippen LogP contribution in [0, 0.1) is 0 Å². The number of fused-ring (bicyclic) bond motifs is 1. The van der Waals surface area contributed by atoms with E-state index < -0.39 is 17.7 Å². The fraction of sp³-hybridized carbons (Fsp3) is 0.300. The van der Waals surface area contributed by atoms with Gasteiger partial charge in [-0.05, 0) is 19.1 Å². The molecule has 0 aromatic heterocycles. The zero-order valence-corrected chi connectivity index (χ0v) is 8.65. The summed E-state index contributed by atoms with van der Waals surface area (Å²) in [5.74, 6) is -0.882. The van der Waals surface area contributed by atoms with Gasteiger partial charge in [0.15, 0.2) is 0 Å². The lowest BCUT2D eigenvalue weighted by Gasteiger charge is -2.20. The molecule has 5 heteroatoms. The number of rotatable bonds is 1. The van der Waals surface area contributed by atoms with Crippen LogP contribution in [0.1, 0.15) is 12.5 Å². The Bertz CT molecular complexity index is 427. The maximum atomic E-state index is 10.9. The number of hydrogen-bond acceptors (Lipinski definition) is 3. The summed E-state index contributed by atoms with van der Waals surface area (Å²) in [7, 11) is 0. The van der Waals surface area contributed by atoms with E-state index in [0.717, 1.165) is 0 Å². The molecular formula is C10H9ClO4. The van der Waals surface area contributed by atoms with E-state index in [9.17, 15) is 9.90 Å². The first-order valence-electron chi connectivity index (χ1n) is 4.35. The van der Waals surface area contributed by atoms with Gasteiger partial charge < -0.3 is 14.9 Å². The number of hydrogen-bond donors (Lipinski definition) is 2. The van der Waals surface area contributed by atoms with E-state index in [0.29, 0.717) is 16.3 Å². The predicted molar refractivity (Wildman–Crippen MR) is 53.1 cm³/mol. The van der Waals surface area contributed by atoms with E-state index in [2.05, 4.69) is 0 Å². The van der Waals surface area contributed by atoms with Crippen molar-refractivity contribution in [3.05, 3.63) is 28.8 Å². The van der Waals surface area contributed by atoms with Crippen LogP contribution >= 0.6 is 11.6 Å². The molecular weight excluding hydrogens is 220 g/mol. The molecule has 1 heterocycles. The smallest absolute Gasteiger partial charge is 0.348 e. The van der Waals surface area contributed by atoms with Crippen LogP contribution in [0.15, 0.2) is 18.2 Å². The summed E-state index contributed by atoms with van der Waals surface area (Å²) in [5.41, 5.74) is -1.08. The van der Waals surface area contributed by atoms with E-state index >= 15 is 0 Å². The average Bonchev–Trinajstić information content (AvgIpc) is 2.37. The van der Waals surface area contributed by atoms with Gasteiger partial charge >= 0.3 is 5.97 Å². The lowest BCUT2D eigenvalue weighted by Crippen LogP contribution is -2.41. The molecule has 1 aliphatic rings. The molecule has 0 unspecified atom stereocenters. The van der Waals surface area contributed by atoms with Gasteiger partial charge in [-0.2, -0.15) is 0 Å². The zero-order chi connectivity index (χ0) is 11.2. The molecule has 1 aromatic rings. The van der Waals surface area contributed by atoms with Crippen molar-refractivity contribution in [2.24, 2.45) is 0 Å². The quantitative estimate of drug-likeness (QED) is 0.762. The highest BCUT2D eigenvalue weighted by atomic mass is 35.5. The molecule has 0 radical (unpaired) electrons. The summed E-state index contributed by atoms with van der Waals surface area (Å²) in [5, 5.41) is 19.3. The first-order valence-corrected chi connectivity index (χ1v) is 4.72. The normalized spacial score (nSPS) is 28.3. The van der Waals surface area contributed by atoms with Gasteiger partial charge in [-0.15, -0.1) is 0 Å². The van der Waals surface area contributed by atoms with Crippen molar-refractivity contribution < 1.29 is 19.7 Å². The third kappa shape index (κ3) is 1.46. The van der Waals surface area contributed by atoms with Crippen LogP contribution in [0.4, 0.5) is 0 Å². The van der Waals surface area contributed by atoms with E-state index in [4.69, 9.17) is 21.4 Å². The molecule has 0 bridgehead atoms. The maximum Gasteiger partial charge on any atom is 0.348 e. The van der Waals surface area contributed by atoms with Crippen molar-refractivity contribution in [1.29, 1.82) is 0 Å². The highest BCUT2D eigenvalue weighted by Gasteiger charge is 2.48. The van der Waals surface area contributed by atoms with Gasteiger partial charge in [0.25, 0.3) is 0 Å². The molecule has 2 N–H and O–H groups in total. The minimum Gasteiger partial charge on any atom is -0.478 e. The van der Waals surface area contributed by atoms with Gasteiger partial charge in [-0.1, -0.05) is 17.7 Å². The van der Waals surface area contributed by atoms with Crippen molar-refractivity contribution in [1.82, 2.24) is 0 Å². The molecule has 4 nitrogen and oxygen atoms in total. The molecule has 0 spiro atoms. The van der Waals surface area contributed by atoms with Gasteiger partial charge in [0.1, 0.15) is 11.4 Å². The molecule has 2 atom stereocenters. The van der Waals surface area contributed by atoms with E-state index in [-0.39, 0.29) is 0 Å². The summed E-state index contributed by atoms with van der Waals surface area (Å²) in [4.78, 5) is 10.9. The lowest BCUT2D eigenvalue weighted by molar-refractivity contribution is -0.155. The second-order valence-electron chi connectivity index (χ2n) is 3.62. The zero-order valence-electron chi connectivity index (χ0n) is 7.90. The number of benzene rings is 1. The van der Waals surface area contributed by atoms with Crippen molar-refractivity contribution >= 4 is 17.6 Å². The summed E-state index contributed by atoms with van der Waals surface area (Å²) in [6.07, 6.45) is -1.29. The Morgan fingerprint density at radius 3 is 2.87 bits per heavy atom. The topological polar surface area (TPSA) is 66.8 Å². The van der Waals surface area contributed by atoms with Crippen molar-refractivity contribution in [2.45, 2.75) is 18.6 Å². The number of aliphatic hydroxyl groups is 1. The minimum atomic E-state index is -1.52. The number of halogens is 1. The minimum absolute atomic E-state index is 0.319. The number of aliphatic carboxylic acids is 1. The molecule has 2 rings (SSSR count). The predicted octanol–water partition coefficient (Wildman–Crippen LogP) is 1.39. The number of carbonyl (C=O) groups is 1. The van der Waals surface area contributed by atoms with Gasteiger partial charge in [-0.3, -0.25) is 0 Å². The highest BCUT2D eigenvalue weighted by molar-refractivity contribution is 6.30. The van der Waals surface area contributed by atoms with Crippen molar-refractivity contribution in [2.75, 3.05) is 0 Å². The van der Waals surface area contributed by atoms with Crippen molar-refractivity contribution in [3.8, 4) is 5.75 Å². The van der Waals surface area contributed by atoms with E-state index in [1.165, 1.54) is 13.0 Å². The third-order valence-corrected chi connectivity index (χ3v) is 2.70. The second-order valence-corrected chi connectivity index (χ2v) is 4.06. The van der Waals surface area contributed by atoms with Crippen LogP contribution in [-0.4, -0.2) is 22.3 Å². The molecule has 0 saturated carbocycles. The second kappa shape index (κ2) is 3.12. The Kier molecular flexibility index (Phi) is 2.13. The van der Waals surface area contributed by atoms with Crippen LogP contribution in [-0.2, 0) is 10.4 Å². The largest absolute Gasteiger partial charge is 0.478 e. The Labute approximate surface area is 91.1 Å². The third-order valence-electron chi connectivity index (χ3n) is 2.47. The molecule has 0 fully saturated rings. The first kappa shape index (κ1) is 10.3. The Morgan fingerprint density at radius 2 is 2.27 bits per heavy atom. The summed E-state index contributed by atoms with van der Waals surface area (Å²) < 4.78 is 5.13. The monoisotopic (exact) mass is 228 g/mol. The van der Waals surface area contributed by atoms with Crippen LogP contribution < -0.4 is 4.74 Å². The molecule has 15 heavy (non-hydrogen) atoms. The fourth-order valence-electron chi connectivity index (χ4n) is 1.69. The number of carboxylic acid groups (broad SMARTS) is 1. The molecule has 80 valence electrons.